The smallest absolute Gasteiger partial charge is 0.245 e. The van der Waals surface area contributed by atoms with Crippen LogP contribution in [0.15, 0.2) is 11.1 Å². The van der Waals surface area contributed by atoms with Crippen LogP contribution >= 0.6 is 11.8 Å². The zero-order valence-electron chi connectivity index (χ0n) is 8.67. The second-order valence-electron chi connectivity index (χ2n) is 3.05. The van der Waals surface area contributed by atoms with Crippen molar-refractivity contribution in [2.45, 2.75) is 18.1 Å². The molecule has 3 nitrogen and oxygen atoms in total. The molecule has 17 heavy (non-hydrogen) atoms. The van der Waals surface area contributed by atoms with E-state index in [1.807, 2.05) is 0 Å². The van der Waals surface area contributed by atoms with Crippen LogP contribution < -0.4 is 0 Å². The van der Waals surface area contributed by atoms with Crippen molar-refractivity contribution in [1.29, 1.82) is 10.5 Å². The summed E-state index contributed by atoms with van der Waals surface area (Å²) in [6.07, 6.45) is -4.60. The maximum atomic E-state index is 12.7. The van der Waals surface area contributed by atoms with Crippen LogP contribution in [0.1, 0.15) is 16.8 Å². The van der Waals surface area contributed by atoms with Crippen LogP contribution in [-0.2, 0) is 6.18 Å². The molecule has 0 amide bonds. The number of thioether (sulfide) groups is 1. The molecule has 0 aliphatic carbocycles. The summed E-state index contributed by atoms with van der Waals surface area (Å²) in [5.41, 5.74) is -1.37. The van der Waals surface area contributed by atoms with E-state index < -0.39 is 17.3 Å². The fourth-order valence-electron chi connectivity index (χ4n) is 1.18. The summed E-state index contributed by atoms with van der Waals surface area (Å²) in [5, 5.41) is 17.1. The lowest BCUT2D eigenvalue weighted by Gasteiger charge is -2.11. The highest BCUT2D eigenvalue weighted by atomic mass is 32.2. The Hall–Kier alpha value is -1.73. The summed E-state index contributed by atoms with van der Waals surface area (Å²) in [6, 6.07) is 4.10. The number of nitrogens with zero attached hydrogens (tertiary/aromatic N) is 3. The van der Waals surface area contributed by atoms with E-state index in [0.717, 1.165) is 17.8 Å². The van der Waals surface area contributed by atoms with Gasteiger partial charge in [-0.1, -0.05) is 11.8 Å². The molecule has 0 N–H and O–H groups in total. The van der Waals surface area contributed by atoms with Gasteiger partial charge in [-0.3, -0.25) is 0 Å². The molecule has 0 bridgehead atoms. The van der Waals surface area contributed by atoms with Crippen molar-refractivity contribution in [3.63, 3.8) is 0 Å². The zero-order chi connectivity index (χ0) is 13.1. The summed E-state index contributed by atoms with van der Waals surface area (Å²) in [4.78, 5) is 3.84. The van der Waals surface area contributed by atoms with Gasteiger partial charge in [-0.2, -0.15) is 23.7 Å². The molecule has 0 saturated heterocycles. The fraction of sp³-hybridized carbons (Fsp3) is 0.300. The maximum absolute atomic E-state index is 12.7. The van der Waals surface area contributed by atoms with Gasteiger partial charge >= 0.3 is 6.18 Å². The van der Waals surface area contributed by atoms with Crippen LogP contribution in [0, 0.1) is 29.6 Å². The first-order chi connectivity index (χ1) is 7.90. The number of hydrogen-bond acceptors (Lipinski definition) is 4. The lowest BCUT2D eigenvalue weighted by molar-refractivity contribution is -0.138. The molecule has 7 heteroatoms. The fourth-order valence-corrected chi connectivity index (χ4v) is 1.89. The van der Waals surface area contributed by atoms with Gasteiger partial charge in [0.25, 0.3) is 0 Å². The van der Waals surface area contributed by atoms with E-state index in [9.17, 15) is 13.2 Å². The van der Waals surface area contributed by atoms with Crippen LogP contribution in [0.2, 0.25) is 0 Å². The van der Waals surface area contributed by atoms with Crippen molar-refractivity contribution in [2.75, 3.05) is 5.75 Å². The Morgan fingerprint density at radius 3 is 2.53 bits per heavy atom. The Morgan fingerprint density at radius 1 is 1.41 bits per heavy atom. The number of alkyl halides is 3. The van der Waals surface area contributed by atoms with Gasteiger partial charge in [-0.05, 0) is 13.0 Å². The summed E-state index contributed by atoms with van der Waals surface area (Å²) in [7, 11) is 0. The van der Waals surface area contributed by atoms with Crippen molar-refractivity contribution in [1.82, 2.24) is 4.98 Å². The molecule has 88 valence electrons. The summed E-state index contributed by atoms with van der Waals surface area (Å²) >= 11 is 0.821. The molecule has 0 aliphatic heterocycles. The third-order valence-corrected chi connectivity index (χ3v) is 2.65. The first-order valence-electron chi connectivity index (χ1n) is 4.39. The molecule has 1 aromatic heterocycles. The first kappa shape index (κ1) is 13.3. The summed E-state index contributed by atoms with van der Waals surface area (Å²) in [6.45, 7) is 1.41. The van der Waals surface area contributed by atoms with Gasteiger partial charge in [0, 0.05) is 5.69 Å². The van der Waals surface area contributed by atoms with Gasteiger partial charge in [0.2, 0.25) is 0 Å². The van der Waals surface area contributed by atoms with Gasteiger partial charge < -0.3 is 0 Å². The standard InChI is InChI=1S/C10H6F3N3S/c1-6-4-8(10(11,12)13)7(5-15)9(16-6)17-3-2-14/h4H,3H2,1H3. The predicted molar refractivity (Wildman–Crippen MR) is 55.0 cm³/mol. The SMILES string of the molecule is Cc1cc(C(F)(F)F)c(C#N)c(SCC#N)n1. The first-order valence-corrected chi connectivity index (χ1v) is 5.37. The van der Waals surface area contributed by atoms with Crippen LogP contribution in [0.3, 0.4) is 0 Å². The normalized spacial score (nSPS) is 10.7. The lowest BCUT2D eigenvalue weighted by Crippen LogP contribution is -2.10. The van der Waals surface area contributed by atoms with Crippen LogP contribution in [0.25, 0.3) is 0 Å². The molecule has 0 saturated carbocycles. The van der Waals surface area contributed by atoms with Crippen LogP contribution in [0.4, 0.5) is 13.2 Å². The molecular formula is C10H6F3N3S. The molecule has 0 aromatic carbocycles. The van der Waals surface area contributed by atoms with Crippen LogP contribution in [-0.4, -0.2) is 10.7 Å². The second kappa shape index (κ2) is 5.07. The minimum absolute atomic E-state index is 0.0531. The lowest BCUT2D eigenvalue weighted by atomic mass is 10.1. The number of aryl methyl sites for hydroxylation is 1. The van der Waals surface area contributed by atoms with Gasteiger partial charge in [0.1, 0.15) is 11.1 Å². The molecule has 0 aliphatic rings. The van der Waals surface area contributed by atoms with E-state index in [0.29, 0.717) is 0 Å². The molecule has 1 aromatic rings. The van der Waals surface area contributed by atoms with Crippen molar-refractivity contribution < 1.29 is 13.2 Å². The largest absolute Gasteiger partial charge is 0.417 e. The number of nitriles is 2. The topological polar surface area (TPSA) is 60.5 Å². The monoisotopic (exact) mass is 257 g/mol. The Morgan fingerprint density at radius 2 is 2.06 bits per heavy atom. The van der Waals surface area contributed by atoms with E-state index >= 15 is 0 Å². The van der Waals surface area contributed by atoms with Crippen molar-refractivity contribution in [3.05, 3.63) is 22.9 Å². The molecule has 0 fully saturated rings. The third kappa shape index (κ3) is 3.11. The van der Waals surface area contributed by atoms with Gasteiger partial charge in [0.15, 0.2) is 0 Å². The molecular weight excluding hydrogens is 251 g/mol. The Kier molecular flexibility index (Phi) is 3.97. The Bertz CT molecular complexity index is 511. The zero-order valence-corrected chi connectivity index (χ0v) is 9.48. The minimum Gasteiger partial charge on any atom is -0.245 e. The number of aromatic nitrogens is 1. The predicted octanol–water partition coefficient (Wildman–Crippen LogP) is 2.90. The highest BCUT2D eigenvalue weighted by Gasteiger charge is 2.35. The van der Waals surface area contributed by atoms with Crippen molar-refractivity contribution in [3.8, 4) is 12.1 Å². The van der Waals surface area contributed by atoms with E-state index in [2.05, 4.69) is 4.98 Å². The van der Waals surface area contributed by atoms with E-state index in [-0.39, 0.29) is 16.5 Å². The average Bonchev–Trinajstić information content (AvgIpc) is 2.24. The molecule has 0 radical (unpaired) electrons. The highest BCUT2D eigenvalue weighted by molar-refractivity contribution is 7.99. The van der Waals surface area contributed by atoms with E-state index in [1.54, 1.807) is 6.07 Å². The number of pyridine rings is 1. The second-order valence-corrected chi connectivity index (χ2v) is 4.01. The van der Waals surface area contributed by atoms with Gasteiger partial charge in [0.05, 0.1) is 22.9 Å². The molecule has 0 atom stereocenters. The Balaban J connectivity index is 3.38. The molecule has 1 heterocycles. The summed E-state index contributed by atoms with van der Waals surface area (Å²) < 4.78 is 38.0. The third-order valence-electron chi connectivity index (χ3n) is 1.80. The van der Waals surface area contributed by atoms with Crippen molar-refractivity contribution in [2.24, 2.45) is 0 Å². The Labute approximate surface area is 99.9 Å². The summed E-state index contributed by atoms with van der Waals surface area (Å²) in [5.74, 6) is -0.0531. The number of hydrogen-bond donors (Lipinski definition) is 0. The quantitative estimate of drug-likeness (QED) is 0.764. The van der Waals surface area contributed by atoms with E-state index in [1.165, 1.54) is 13.0 Å². The maximum Gasteiger partial charge on any atom is 0.417 e. The van der Waals surface area contributed by atoms with Gasteiger partial charge in [-0.25, -0.2) is 4.98 Å². The van der Waals surface area contributed by atoms with Gasteiger partial charge in [-0.15, -0.1) is 0 Å². The number of rotatable bonds is 2. The van der Waals surface area contributed by atoms with E-state index in [4.69, 9.17) is 10.5 Å². The van der Waals surface area contributed by atoms with Crippen molar-refractivity contribution >= 4 is 11.8 Å². The highest BCUT2D eigenvalue weighted by Crippen LogP contribution is 2.35. The molecule has 1 rings (SSSR count). The van der Waals surface area contributed by atoms with Crippen LogP contribution in [0.5, 0.6) is 0 Å². The molecule has 0 unspecified atom stereocenters. The molecule has 0 spiro atoms. The average molecular weight is 257 g/mol. The minimum atomic E-state index is -4.60. The number of halogens is 3.